The van der Waals surface area contributed by atoms with Crippen molar-refractivity contribution in [3.63, 3.8) is 0 Å². The molecular formula is C36H55N5O3. The van der Waals surface area contributed by atoms with Gasteiger partial charge in [0.2, 0.25) is 0 Å². The van der Waals surface area contributed by atoms with Gasteiger partial charge in [-0.25, -0.2) is 9.78 Å². The van der Waals surface area contributed by atoms with E-state index in [-0.39, 0.29) is 12.0 Å². The van der Waals surface area contributed by atoms with Crippen LogP contribution in [0.25, 0.3) is 5.65 Å². The zero-order valence-corrected chi connectivity index (χ0v) is 28.3. The average Bonchev–Trinajstić information content (AvgIpc) is 3.59. The molecule has 0 unspecified atom stereocenters. The molecule has 0 N–H and O–H groups in total. The molecule has 8 nitrogen and oxygen atoms in total. The first-order valence-electron chi connectivity index (χ1n) is 16.9. The highest BCUT2D eigenvalue weighted by Crippen LogP contribution is 2.25. The molecule has 0 aromatic carbocycles. The number of nitrogens with zero attached hydrogens (tertiary/aromatic N) is 5. The number of rotatable bonds is 10. The van der Waals surface area contributed by atoms with Gasteiger partial charge in [-0.15, -0.1) is 0 Å². The highest BCUT2D eigenvalue weighted by Gasteiger charge is 2.28. The standard InChI is InChI=1S/C36H55N5O3/c1-27(2)14-21-39(22-15-28(3)4)34(42)30-12-13-33-37-31(32(41(33)26-30)11-10-20-38-18-8-9-19-38)25-29-16-23-40(24-17-29)35(43)44-36(5,6)7/h12-13,26-29H,8-9,14-25H2,1-7H3. The highest BCUT2D eigenvalue weighted by atomic mass is 16.6. The molecular weight excluding hydrogens is 550 g/mol. The zero-order valence-electron chi connectivity index (χ0n) is 28.3. The van der Waals surface area contributed by atoms with E-state index in [9.17, 15) is 9.59 Å². The van der Waals surface area contributed by atoms with Gasteiger partial charge in [0, 0.05) is 32.4 Å². The molecule has 0 saturated carbocycles. The number of hydrogen-bond acceptors (Lipinski definition) is 5. The summed E-state index contributed by atoms with van der Waals surface area (Å²) in [7, 11) is 0. The van der Waals surface area contributed by atoms with Crippen molar-refractivity contribution in [1.82, 2.24) is 24.1 Å². The van der Waals surface area contributed by atoms with Gasteiger partial charge in [-0.05, 0) is 115 Å². The molecule has 2 fully saturated rings. The SMILES string of the molecule is CC(C)CCN(CCC(C)C)C(=O)c1ccc2nc(CC3CCN(C(=O)OC(C)(C)C)CC3)c(C#CCN3CCCC3)n2c1. The Morgan fingerprint density at radius 1 is 1.00 bits per heavy atom. The Balaban J connectivity index is 1.56. The Morgan fingerprint density at radius 3 is 2.23 bits per heavy atom. The largest absolute Gasteiger partial charge is 0.444 e. The Hall–Kier alpha value is -3.05. The van der Waals surface area contributed by atoms with E-state index in [4.69, 9.17) is 9.72 Å². The van der Waals surface area contributed by atoms with Gasteiger partial charge >= 0.3 is 6.09 Å². The quantitative estimate of drug-likeness (QED) is 0.289. The number of carbonyl (C=O) groups excluding carboxylic acids is 2. The molecule has 8 heteroatoms. The van der Waals surface area contributed by atoms with Crippen molar-refractivity contribution in [3.8, 4) is 11.8 Å². The van der Waals surface area contributed by atoms with Gasteiger partial charge in [0.1, 0.15) is 16.9 Å². The lowest BCUT2D eigenvalue weighted by atomic mass is 9.92. The fourth-order valence-corrected chi connectivity index (χ4v) is 5.92. The molecule has 2 aliphatic rings. The molecule has 2 amide bonds. The second-order valence-electron chi connectivity index (χ2n) is 14.6. The maximum atomic E-state index is 13.8. The first-order chi connectivity index (χ1) is 20.9. The number of aromatic nitrogens is 2. The molecule has 0 atom stereocenters. The third-order valence-corrected chi connectivity index (χ3v) is 8.63. The second-order valence-corrected chi connectivity index (χ2v) is 14.6. The number of hydrogen-bond donors (Lipinski definition) is 0. The molecule has 0 bridgehead atoms. The van der Waals surface area contributed by atoms with Crippen LogP contribution in [0.15, 0.2) is 18.3 Å². The van der Waals surface area contributed by atoms with Gasteiger partial charge in [-0.2, -0.15) is 0 Å². The summed E-state index contributed by atoms with van der Waals surface area (Å²) in [5.74, 6) is 8.47. The van der Waals surface area contributed by atoms with Crippen LogP contribution < -0.4 is 0 Å². The van der Waals surface area contributed by atoms with Crippen molar-refractivity contribution in [2.24, 2.45) is 17.8 Å². The summed E-state index contributed by atoms with van der Waals surface area (Å²) in [6.45, 7) is 20.4. The van der Waals surface area contributed by atoms with E-state index in [1.807, 2.05) is 53.3 Å². The van der Waals surface area contributed by atoms with Gasteiger partial charge in [-0.1, -0.05) is 33.6 Å². The third kappa shape index (κ3) is 9.72. The predicted octanol–water partition coefficient (Wildman–Crippen LogP) is 6.51. The lowest BCUT2D eigenvalue weighted by Gasteiger charge is -2.33. The number of ether oxygens (including phenoxy) is 1. The van der Waals surface area contributed by atoms with Crippen LogP contribution in [0.1, 0.15) is 109 Å². The number of amides is 2. The Kier molecular flexibility index (Phi) is 11.8. The lowest BCUT2D eigenvalue weighted by molar-refractivity contribution is 0.0184. The summed E-state index contributed by atoms with van der Waals surface area (Å²) in [5, 5.41) is 0. The van der Waals surface area contributed by atoms with Gasteiger partial charge in [0.25, 0.3) is 5.91 Å². The monoisotopic (exact) mass is 605 g/mol. The van der Waals surface area contributed by atoms with Crippen LogP contribution >= 0.6 is 0 Å². The fourth-order valence-electron chi connectivity index (χ4n) is 5.92. The van der Waals surface area contributed by atoms with Crippen molar-refractivity contribution >= 4 is 17.6 Å². The Morgan fingerprint density at radius 2 is 1.64 bits per heavy atom. The zero-order chi connectivity index (χ0) is 31.9. The number of fused-ring (bicyclic) bond motifs is 1. The van der Waals surface area contributed by atoms with Gasteiger partial charge in [0.05, 0.1) is 17.8 Å². The van der Waals surface area contributed by atoms with Crippen LogP contribution in [0.2, 0.25) is 0 Å². The van der Waals surface area contributed by atoms with E-state index < -0.39 is 5.60 Å². The summed E-state index contributed by atoms with van der Waals surface area (Å²) in [6.07, 6.45) is 8.77. The van der Waals surface area contributed by atoms with E-state index >= 15 is 0 Å². The second kappa shape index (κ2) is 15.3. The molecule has 0 radical (unpaired) electrons. The third-order valence-electron chi connectivity index (χ3n) is 8.63. The molecule has 2 aliphatic heterocycles. The molecule has 2 aromatic heterocycles. The molecule has 2 aromatic rings. The van der Waals surface area contributed by atoms with E-state index in [1.54, 1.807) is 0 Å². The summed E-state index contributed by atoms with van der Waals surface area (Å²) in [5.41, 5.74) is 2.88. The molecule has 2 saturated heterocycles. The topological polar surface area (TPSA) is 70.4 Å². The highest BCUT2D eigenvalue weighted by molar-refractivity contribution is 5.94. The molecule has 0 spiro atoms. The normalized spacial score (nSPS) is 16.5. The number of imidazole rings is 1. The summed E-state index contributed by atoms with van der Waals surface area (Å²) in [6, 6.07) is 3.89. The number of piperidine rings is 1. The maximum absolute atomic E-state index is 13.8. The minimum Gasteiger partial charge on any atom is -0.444 e. The van der Waals surface area contributed by atoms with E-state index in [0.29, 0.717) is 36.4 Å². The summed E-state index contributed by atoms with van der Waals surface area (Å²) in [4.78, 5) is 37.7. The minimum atomic E-state index is -0.493. The van der Waals surface area contributed by atoms with E-state index in [0.717, 1.165) is 81.9 Å². The average molecular weight is 606 g/mol. The van der Waals surface area contributed by atoms with Gasteiger partial charge < -0.3 is 14.5 Å². The van der Waals surface area contributed by atoms with Crippen LogP contribution in [0.3, 0.4) is 0 Å². The number of likely N-dealkylation sites (tertiary alicyclic amines) is 2. The molecule has 242 valence electrons. The first kappa shape index (κ1) is 33.8. The minimum absolute atomic E-state index is 0.0777. The van der Waals surface area contributed by atoms with Crippen molar-refractivity contribution in [3.05, 3.63) is 35.3 Å². The van der Waals surface area contributed by atoms with Crippen molar-refractivity contribution in [2.75, 3.05) is 45.8 Å². The smallest absolute Gasteiger partial charge is 0.410 e. The Labute approximate surface area is 265 Å². The fraction of sp³-hybridized carbons (Fsp3) is 0.694. The number of carbonyl (C=O) groups is 2. The van der Waals surface area contributed by atoms with Crippen LogP contribution in [0.5, 0.6) is 0 Å². The van der Waals surface area contributed by atoms with Crippen molar-refractivity contribution in [1.29, 1.82) is 0 Å². The molecule has 44 heavy (non-hydrogen) atoms. The maximum Gasteiger partial charge on any atom is 0.410 e. The van der Waals surface area contributed by atoms with Crippen LogP contribution in [0, 0.1) is 29.6 Å². The van der Waals surface area contributed by atoms with Crippen LogP contribution in [-0.4, -0.2) is 87.5 Å². The van der Waals surface area contributed by atoms with Gasteiger partial charge in [-0.3, -0.25) is 14.1 Å². The Bertz CT molecular complexity index is 1300. The predicted molar refractivity (Wildman–Crippen MR) is 177 cm³/mol. The summed E-state index contributed by atoms with van der Waals surface area (Å²) >= 11 is 0. The van der Waals surface area contributed by atoms with Gasteiger partial charge in [0.15, 0.2) is 0 Å². The van der Waals surface area contributed by atoms with E-state index in [1.165, 1.54) is 12.8 Å². The first-order valence-corrected chi connectivity index (χ1v) is 16.9. The van der Waals surface area contributed by atoms with Crippen molar-refractivity contribution in [2.45, 2.75) is 99.0 Å². The van der Waals surface area contributed by atoms with Crippen molar-refractivity contribution < 1.29 is 14.3 Å². The lowest BCUT2D eigenvalue weighted by Crippen LogP contribution is -2.42. The van der Waals surface area contributed by atoms with Crippen LogP contribution in [0.4, 0.5) is 4.79 Å². The number of pyridine rings is 1. The molecule has 0 aliphatic carbocycles. The van der Waals surface area contributed by atoms with E-state index in [2.05, 4.69) is 44.4 Å². The van der Waals surface area contributed by atoms with Crippen LogP contribution in [-0.2, 0) is 11.2 Å². The molecule has 4 heterocycles. The molecule has 4 rings (SSSR count). The summed E-state index contributed by atoms with van der Waals surface area (Å²) < 4.78 is 7.64.